The summed E-state index contributed by atoms with van der Waals surface area (Å²) in [5.74, 6) is -0.683. The number of hydrogen-bond donors (Lipinski definition) is 3. The average molecular weight is 1210 g/mol. The molecule has 19 heteroatoms. The van der Waals surface area contributed by atoms with Gasteiger partial charge < -0.3 is 33.8 Å². The van der Waals surface area contributed by atoms with Gasteiger partial charge in [0, 0.05) is 25.7 Å². The minimum absolute atomic E-state index is 0.102. The van der Waals surface area contributed by atoms with Crippen LogP contribution in [0, 0.1) is 11.8 Å². The van der Waals surface area contributed by atoms with Gasteiger partial charge in [0.05, 0.1) is 26.4 Å². The highest BCUT2D eigenvalue weighted by Gasteiger charge is 2.30. The first-order valence-electron chi connectivity index (χ1n) is 33.0. The Morgan fingerprint density at radius 3 is 0.927 bits per heavy atom. The maximum atomic E-state index is 13.0. The molecule has 486 valence electrons. The molecule has 6 atom stereocenters. The van der Waals surface area contributed by atoms with E-state index in [2.05, 4.69) is 41.5 Å². The number of rotatable bonds is 62. The van der Waals surface area contributed by atoms with Crippen molar-refractivity contribution in [1.82, 2.24) is 0 Å². The van der Waals surface area contributed by atoms with E-state index in [1.807, 2.05) is 0 Å². The normalized spacial score (nSPS) is 14.7. The zero-order chi connectivity index (χ0) is 60.8. The summed E-state index contributed by atoms with van der Waals surface area (Å²) in [7, 11) is -9.88. The van der Waals surface area contributed by atoms with Crippen molar-refractivity contribution in [2.75, 3.05) is 39.6 Å². The molecule has 17 nitrogen and oxygen atoms in total. The van der Waals surface area contributed by atoms with Gasteiger partial charge >= 0.3 is 39.5 Å². The highest BCUT2D eigenvalue weighted by atomic mass is 31.2. The summed E-state index contributed by atoms with van der Waals surface area (Å²) in [5.41, 5.74) is 0. The van der Waals surface area contributed by atoms with Crippen LogP contribution in [0.3, 0.4) is 0 Å². The van der Waals surface area contributed by atoms with Crippen LogP contribution in [0.15, 0.2) is 0 Å². The van der Waals surface area contributed by atoms with Crippen LogP contribution in [0.1, 0.15) is 311 Å². The smallest absolute Gasteiger partial charge is 0.462 e. The third-order valence-corrected chi connectivity index (χ3v) is 16.7. The summed E-state index contributed by atoms with van der Waals surface area (Å²) in [4.78, 5) is 71.9. The van der Waals surface area contributed by atoms with Crippen molar-refractivity contribution in [2.45, 2.75) is 330 Å². The molecule has 0 saturated carbocycles. The second kappa shape index (κ2) is 55.6. The fourth-order valence-corrected chi connectivity index (χ4v) is 10.9. The Kier molecular flexibility index (Phi) is 54.3. The number of hydrogen-bond acceptors (Lipinski definition) is 15. The molecule has 0 spiro atoms. The largest absolute Gasteiger partial charge is 0.472 e. The van der Waals surface area contributed by atoms with E-state index in [9.17, 15) is 43.2 Å². The van der Waals surface area contributed by atoms with Crippen molar-refractivity contribution in [3.63, 3.8) is 0 Å². The van der Waals surface area contributed by atoms with Crippen molar-refractivity contribution in [1.29, 1.82) is 0 Å². The molecule has 0 amide bonds. The molecule has 0 aliphatic rings. The van der Waals surface area contributed by atoms with Crippen LogP contribution in [0.5, 0.6) is 0 Å². The molecule has 0 aliphatic heterocycles. The average Bonchev–Trinajstić information content (AvgIpc) is 3.45. The Hall–Kier alpha value is -1.94. The lowest BCUT2D eigenvalue weighted by atomic mass is 10.00. The lowest BCUT2D eigenvalue weighted by Crippen LogP contribution is -2.30. The zero-order valence-corrected chi connectivity index (χ0v) is 54.6. The molecule has 0 saturated heterocycles. The summed E-state index contributed by atoms with van der Waals surface area (Å²) in [6.45, 7) is 9.33. The lowest BCUT2D eigenvalue weighted by molar-refractivity contribution is -0.161. The predicted octanol–water partition coefficient (Wildman–Crippen LogP) is 17.3. The molecule has 0 aliphatic carbocycles. The van der Waals surface area contributed by atoms with E-state index >= 15 is 0 Å². The van der Waals surface area contributed by atoms with E-state index in [0.717, 1.165) is 108 Å². The minimum atomic E-state index is -4.94. The van der Waals surface area contributed by atoms with Gasteiger partial charge in [-0.2, -0.15) is 0 Å². The monoisotopic (exact) mass is 1210 g/mol. The summed E-state index contributed by atoms with van der Waals surface area (Å²) in [6.07, 6.45) is 38.0. The fraction of sp³-hybridized carbons (Fsp3) is 0.937. The van der Waals surface area contributed by atoms with E-state index in [-0.39, 0.29) is 25.7 Å². The van der Waals surface area contributed by atoms with Gasteiger partial charge in [-0.25, -0.2) is 9.13 Å². The standard InChI is InChI=1S/C63H122O17P2/c1-7-10-12-14-15-16-17-18-19-20-21-24-28-35-41-47-62(67)79-59(52-74-61(66)46-40-34-27-25-22-23-26-32-37-43-55(4)5)54-78-82(71,72)76-50-57(64)49-75-81(69,70)77-53-58(51-73-60(65)45-39-31-13-11-8-2)80-63(68)48-42-36-30-29-33-38-44-56(6)9-3/h55-59,64H,7-54H2,1-6H3,(H,69,70)(H,71,72)/t56?,57-,58+,59+/m0/s1. The first-order chi connectivity index (χ1) is 39.4. The van der Waals surface area contributed by atoms with Crippen molar-refractivity contribution >= 4 is 39.5 Å². The number of carbonyl (C=O) groups is 4. The van der Waals surface area contributed by atoms with E-state index in [1.165, 1.54) is 122 Å². The SMILES string of the molecule is CCCCCCCCCCCCCCCCCC(=O)O[C@H](COC(=O)CCCCCCCCCCCC(C)C)COP(=O)(O)OC[C@@H](O)COP(=O)(O)OC[C@@H](COC(=O)CCCCCCC)OC(=O)CCCCCCCCC(C)CC. The Balaban J connectivity index is 5.18. The van der Waals surface area contributed by atoms with Gasteiger partial charge in [-0.3, -0.25) is 37.3 Å². The Morgan fingerprint density at radius 1 is 0.354 bits per heavy atom. The molecule has 0 radical (unpaired) electrons. The van der Waals surface area contributed by atoms with Gasteiger partial charge in [-0.05, 0) is 37.5 Å². The van der Waals surface area contributed by atoms with Crippen LogP contribution in [-0.2, 0) is 65.4 Å². The summed E-state index contributed by atoms with van der Waals surface area (Å²) in [5, 5.41) is 10.5. The van der Waals surface area contributed by atoms with Gasteiger partial charge in [-0.15, -0.1) is 0 Å². The highest BCUT2D eigenvalue weighted by Crippen LogP contribution is 2.45. The Labute approximate surface area is 498 Å². The summed E-state index contributed by atoms with van der Waals surface area (Å²) in [6, 6.07) is 0. The Bertz CT molecular complexity index is 1620. The van der Waals surface area contributed by atoms with Gasteiger partial charge in [-0.1, -0.05) is 260 Å². The van der Waals surface area contributed by atoms with E-state index in [1.54, 1.807) is 0 Å². The molecule has 0 aromatic carbocycles. The number of esters is 4. The molecular weight excluding hydrogens is 1090 g/mol. The van der Waals surface area contributed by atoms with Gasteiger partial charge in [0.2, 0.25) is 0 Å². The minimum Gasteiger partial charge on any atom is -0.462 e. The quantitative estimate of drug-likeness (QED) is 0.0222. The van der Waals surface area contributed by atoms with Crippen LogP contribution < -0.4 is 0 Å². The van der Waals surface area contributed by atoms with E-state index in [0.29, 0.717) is 25.7 Å². The van der Waals surface area contributed by atoms with Crippen molar-refractivity contribution in [3.05, 3.63) is 0 Å². The molecular formula is C63H122O17P2. The molecule has 0 aromatic rings. The maximum Gasteiger partial charge on any atom is 0.472 e. The molecule has 0 rings (SSSR count). The number of phosphoric acid groups is 2. The second-order valence-electron chi connectivity index (χ2n) is 23.5. The van der Waals surface area contributed by atoms with Crippen LogP contribution in [0.25, 0.3) is 0 Å². The number of carbonyl (C=O) groups excluding carboxylic acids is 4. The maximum absolute atomic E-state index is 13.0. The number of aliphatic hydroxyl groups is 1. The predicted molar refractivity (Wildman–Crippen MR) is 326 cm³/mol. The lowest BCUT2D eigenvalue weighted by Gasteiger charge is -2.21. The summed E-state index contributed by atoms with van der Waals surface area (Å²) >= 11 is 0. The molecule has 3 unspecified atom stereocenters. The molecule has 0 aromatic heterocycles. The van der Waals surface area contributed by atoms with Crippen LogP contribution >= 0.6 is 15.6 Å². The first-order valence-corrected chi connectivity index (χ1v) is 36.0. The van der Waals surface area contributed by atoms with Crippen LogP contribution in [0.2, 0.25) is 0 Å². The molecule has 0 bridgehead atoms. The fourth-order valence-electron chi connectivity index (χ4n) is 9.32. The number of ether oxygens (including phenoxy) is 4. The van der Waals surface area contributed by atoms with Gasteiger partial charge in [0.1, 0.15) is 19.3 Å². The molecule has 0 fully saturated rings. The van der Waals surface area contributed by atoms with Crippen LogP contribution in [0.4, 0.5) is 0 Å². The van der Waals surface area contributed by atoms with Crippen molar-refractivity contribution < 1.29 is 80.2 Å². The summed E-state index contributed by atoms with van der Waals surface area (Å²) < 4.78 is 67.8. The first kappa shape index (κ1) is 80.1. The molecule has 82 heavy (non-hydrogen) atoms. The number of phosphoric ester groups is 2. The molecule has 3 N–H and O–H groups in total. The van der Waals surface area contributed by atoms with Crippen LogP contribution in [-0.4, -0.2) is 96.7 Å². The molecule has 0 heterocycles. The third-order valence-electron chi connectivity index (χ3n) is 14.8. The highest BCUT2D eigenvalue weighted by molar-refractivity contribution is 7.47. The third kappa shape index (κ3) is 55.9. The number of aliphatic hydroxyl groups excluding tert-OH is 1. The van der Waals surface area contributed by atoms with E-state index in [4.69, 9.17) is 37.0 Å². The van der Waals surface area contributed by atoms with Gasteiger partial charge in [0.25, 0.3) is 0 Å². The number of unbranched alkanes of at least 4 members (excludes halogenated alkanes) is 31. The topological polar surface area (TPSA) is 237 Å². The Morgan fingerprint density at radius 2 is 0.622 bits per heavy atom. The second-order valence-corrected chi connectivity index (χ2v) is 26.4. The van der Waals surface area contributed by atoms with Crippen molar-refractivity contribution in [3.8, 4) is 0 Å². The zero-order valence-electron chi connectivity index (χ0n) is 52.8. The van der Waals surface area contributed by atoms with Gasteiger partial charge in [0.15, 0.2) is 12.2 Å². The van der Waals surface area contributed by atoms with Crippen molar-refractivity contribution in [2.24, 2.45) is 11.8 Å². The van der Waals surface area contributed by atoms with E-state index < -0.39 is 97.5 Å².